The lowest BCUT2D eigenvalue weighted by Crippen LogP contribution is -2.34. The number of ether oxygens (including phenoxy) is 1. The molecule has 1 aromatic rings. The van der Waals surface area contributed by atoms with Crippen LogP contribution in [-0.4, -0.2) is 54.7 Å². The summed E-state index contributed by atoms with van der Waals surface area (Å²) in [5.74, 6) is 1.80. The minimum atomic E-state index is 0.473. The molecule has 1 aliphatic rings. The van der Waals surface area contributed by atoms with E-state index in [1.807, 2.05) is 6.92 Å². The van der Waals surface area contributed by atoms with Crippen molar-refractivity contribution in [2.75, 3.05) is 38.7 Å². The van der Waals surface area contributed by atoms with Gasteiger partial charge in [0.05, 0.1) is 0 Å². The maximum absolute atomic E-state index is 5.13. The summed E-state index contributed by atoms with van der Waals surface area (Å²) >= 11 is 0. The SMILES string of the molecule is CCN(C)C1CCN(c2cc(C)nc(COC)n2)C1. The van der Waals surface area contributed by atoms with E-state index < -0.39 is 0 Å². The molecule has 0 aromatic carbocycles. The topological polar surface area (TPSA) is 41.5 Å². The molecular formula is C14H24N4O. The van der Waals surface area contributed by atoms with Gasteiger partial charge in [0.1, 0.15) is 12.4 Å². The number of hydrogen-bond donors (Lipinski definition) is 0. The van der Waals surface area contributed by atoms with E-state index in [1.165, 1.54) is 6.42 Å². The molecule has 1 atom stereocenters. The number of aryl methyl sites for hydroxylation is 1. The van der Waals surface area contributed by atoms with Crippen LogP contribution in [0.2, 0.25) is 0 Å². The molecular weight excluding hydrogens is 240 g/mol. The second-order valence-electron chi connectivity index (χ2n) is 5.18. The Balaban J connectivity index is 2.10. The van der Waals surface area contributed by atoms with Gasteiger partial charge in [-0.05, 0) is 26.9 Å². The van der Waals surface area contributed by atoms with E-state index in [9.17, 15) is 0 Å². The number of anilines is 1. The summed E-state index contributed by atoms with van der Waals surface area (Å²) in [4.78, 5) is 13.7. The van der Waals surface area contributed by atoms with Crippen molar-refractivity contribution in [2.24, 2.45) is 0 Å². The van der Waals surface area contributed by atoms with Gasteiger partial charge in [-0.3, -0.25) is 0 Å². The maximum Gasteiger partial charge on any atom is 0.156 e. The average molecular weight is 264 g/mol. The normalized spacial score (nSPS) is 19.4. The van der Waals surface area contributed by atoms with Crippen molar-refractivity contribution in [3.63, 3.8) is 0 Å². The summed E-state index contributed by atoms with van der Waals surface area (Å²) in [6.07, 6.45) is 1.20. The zero-order valence-corrected chi connectivity index (χ0v) is 12.4. The highest BCUT2D eigenvalue weighted by molar-refractivity contribution is 5.41. The first-order valence-corrected chi connectivity index (χ1v) is 6.92. The lowest BCUT2D eigenvalue weighted by Gasteiger charge is -2.23. The number of rotatable bonds is 5. The molecule has 0 amide bonds. The van der Waals surface area contributed by atoms with Crippen molar-refractivity contribution in [1.82, 2.24) is 14.9 Å². The molecule has 1 saturated heterocycles. The fourth-order valence-electron chi connectivity index (χ4n) is 2.54. The summed E-state index contributed by atoms with van der Waals surface area (Å²) in [6.45, 7) is 7.90. The number of aromatic nitrogens is 2. The lowest BCUT2D eigenvalue weighted by molar-refractivity contribution is 0.177. The predicted molar refractivity (Wildman–Crippen MR) is 76.4 cm³/mol. The molecule has 2 rings (SSSR count). The Labute approximate surface area is 115 Å². The van der Waals surface area contributed by atoms with E-state index in [1.54, 1.807) is 7.11 Å². The van der Waals surface area contributed by atoms with Crippen LogP contribution in [0.1, 0.15) is 24.9 Å². The summed E-state index contributed by atoms with van der Waals surface area (Å²) < 4.78 is 5.13. The zero-order valence-electron chi connectivity index (χ0n) is 12.4. The van der Waals surface area contributed by atoms with Crippen LogP contribution in [0.25, 0.3) is 0 Å². The summed E-state index contributed by atoms with van der Waals surface area (Å²) in [7, 11) is 3.86. The van der Waals surface area contributed by atoms with Gasteiger partial charge in [-0.1, -0.05) is 6.92 Å². The van der Waals surface area contributed by atoms with Gasteiger partial charge < -0.3 is 14.5 Å². The van der Waals surface area contributed by atoms with Crippen molar-refractivity contribution in [3.8, 4) is 0 Å². The lowest BCUT2D eigenvalue weighted by atomic mass is 10.2. The molecule has 1 aromatic heterocycles. The standard InChI is InChI=1S/C14H24N4O/c1-5-17(3)12-6-7-18(9-12)14-8-11(2)15-13(16-14)10-19-4/h8,12H,5-7,9-10H2,1-4H3. The van der Waals surface area contributed by atoms with Crippen LogP contribution in [0.15, 0.2) is 6.07 Å². The van der Waals surface area contributed by atoms with Crippen molar-refractivity contribution >= 4 is 5.82 Å². The highest BCUT2D eigenvalue weighted by Crippen LogP contribution is 2.21. The van der Waals surface area contributed by atoms with Crippen LogP contribution < -0.4 is 4.90 Å². The van der Waals surface area contributed by atoms with Crippen molar-refractivity contribution < 1.29 is 4.74 Å². The first-order chi connectivity index (χ1) is 9.13. The van der Waals surface area contributed by atoms with Crippen LogP contribution in [-0.2, 0) is 11.3 Å². The molecule has 0 N–H and O–H groups in total. The zero-order chi connectivity index (χ0) is 13.8. The van der Waals surface area contributed by atoms with Gasteiger partial charge in [0.2, 0.25) is 0 Å². The van der Waals surface area contributed by atoms with Gasteiger partial charge in [-0.15, -0.1) is 0 Å². The van der Waals surface area contributed by atoms with Crippen LogP contribution in [0, 0.1) is 6.92 Å². The first-order valence-electron chi connectivity index (χ1n) is 6.92. The number of likely N-dealkylation sites (N-methyl/N-ethyl adjacent to an activating group) is 1. The molecule has 1 fully saturated rings. The summed E-state index contributed by atoms with van der Waals surface area (Å²) in [5, 5.41) is 0. The molecule has 5 nitrogen and oxygen atoms in total. The van der Waals surface area contributed by atoms with E-state index in [-0.39, 0.29) is 0 Å². The molecule has 0 radical (unpaired) electrons. The van der Waals surface area contributed by atoms with Gasteiger partial charge in [0, 0.05) is 38.0 Å². The Morgan fingerprint density at radius 2 is 2.26 bits per heavy atom. The van der Waals surface area contributed by atoms with E-state index >= 15 is 0 Å². The van der Waals surface area contributed by atoms with E-state index in [2.05, 4.69) is 39.8 Å². The predicted octanol–water partition coefficient (Wildman–Crippen LogP) is 1.46. The third-order valence-electron chi connectivity index (χ3n) is 3.77. The van der Waals surface area contributed by atoms with Crippen LogP contribution in [0.5, 0.6) is 0 Å². The quantitative estimate of drug-likeness (QED) is 0.805. The van der Waals surface area contributed by atoms with Gasteiger partial charge in [-0.2, -0.15) is 0 Å². The molecule has 0 bridgehead atoms. The number of hydrogen-bond acceptors (Lipinski definition) is 5. The molecule has 5 heteroatoms. The summed E-state index contributed by atoms with van der Waals surface area (Å²) in [5.41, 5.74) is 1.00. The summed E-state index contributed by atoms with van der Waals surface area (Å²) in [6, 6.07) is 2.69. The van der Waals surface area contributed by atoms with E-state index in [0.29, 0.717) is 12.6 Å². The Hall–Kier alpha value is -1.20. The Morgan fingerprint density at radius 1 is 1.47 bits per heavy atom. The second kappa shape index (κ2) is 6.30. The third kappa shape index (κ3) is 3.42. The average Bonchev–Trinajstić information content (AvgIpc) is 2.87. The molecule has 1 unspecified atom stereocenters. The molecule has 0 saturated carbocycles. The Morgan fingerprint density at radius 3 is 2.95 bits per heavy atom. The Bertz CT molecular complexity index is 424. The fourth-order valence-corrected chi connectivity index (χ4v) is 2.54. The van der Waals surface area contributed by atoms with Crippen LogP contribution >= 0.6 is 0 Å². The van der Waals surface area contributed by atoms with Gasteiger partial charge in [-0.25, -0.2) is 9.97 Å². The first kappa shape index (κ1) is 14.2. The molecule has 2 heterocycles. The number of methoxy groups -OCH3 is 1. The number of nitrogens with zero attached hydrogens (tertiary/aromatic N) is 4. The molecule has 19 heavy (non-hydrogen) atoms. The van der Waals surface area contributed by atoms with E-state index in [4.69, 9.17) is 4.74 Å². The minimum absolute atomic E-state index is 0.473. The third-order valence-corrected chi connectivity index (χ3v) is 3.77. The van der Waals surface area contributed by atoms with E-state index in [0.717, 1.165) is 37.0 Å². The van der Waals surface area contributed by atoms with Gasteiger partial charge in [0.25, 0.3) is 0 Å². The Kier molecular flexibility index (Phi) is 4.71. The monoisotopic (exact) mass is 264 g/mol. The molecule has 0 spiro atoms. The van der Waals surface area contributed by atoms with Gasteiger partial charge >= 0.3 is 0 Å². The maximum atomic E-state index is 5.13. The smallest absolute Gasteiger partial charge is 0.156 e. The largest absolute Gasteiger partial charge is 0.377 e. The van der Waals surface area contributed by atoms with Gasteiger partial charge in [0.15, 0.2) is 5.82 Å². The highest BCUT2D eigenvalue weighted by atomic mass is 16.5. The highest BCUT2D eigenvalue weighted by Gasteiger charge is 2.26. The second-order valence-corrected chi connectivity index (χ2v) is 5.18. The van der Waals surface area contributed by atoms with Crippen LogP contribution in [0.4, 0.5) is 5.82 Å². The van der Waals surface area contributed by atoms with Crippen LogP contribution in [0.3, 0.4) is 0 Å². The van der Waals surface area contributed by atoms with Crippen molar-refractivity contribution in [1.29, 1.82) is 0 Å². The van der Waals surface area contributed by atoms with Crippen molar-refractivity contribution in [3.05, 3.63) is 17.6 Å². The molecule has 0 aliphatic carbocycles. The fraction of sp³-hybridized carbons (Fsp3) is 0.714. The van der Waals surface area contributed by atoms with Crippen molar-refractivity contribution in [2.45, 2.75) is 32.9 Å². The molecule has 106 valence electrons. The molecule has 1 aliphatic heterocycles. The minimum Gasteiger partial charge on any atom is -0.377 e.